The Balaban J connectivity index is 1.70. The van der Waals surface area contributed by atoms with E-state index in [-0.39, 0.29) is 32.5 Å². The van der Waals surface area contributed by atoms with Gasteiger partial charge in [-0.15, -0.1) is 0 Å². The first-order valence-electron chi connectivity index (χ1n) is 8.47. The summed E-state index contributed by atoms with van der Waals surface area (Å²) in [5.74, 6) is -1.38. The van der Waals surface area contributed by atoms with E-state index in [0.29, 0.717) is 5.69 Å². The van der Waals surface area contributed by atoms with Crippen molar-refractivity contribution in [3.05, 3.63) is 65.7 Å². The molecule has 0 saturated heterocycles. The van der Waals surface area contributed by atoms with E-state index in [2.05, 4.69) is 5.32 Å². The highest BCUT2D eigenvalue weighted by Crippen LogP contribution is 2.12. The Morgan fingerprint density at radius 3 is 2.11 bits per heavy atom. The molecule has 1 amide bonds. The van der Waals surface area contributed by atoms with Crippen LogP contribution in [0.2, 0.25) is 0 Å². The van der Waals surface area contributed by atoms with Gasteiger partial charge in [0.05, 0.1) is 0 Å². The van der Waals surface area contributed by atoms with Crippen LogP contribution in [-0.2, 0) is 32.3 Å². The van der Waals surface area contributed by atoms with Gasteiger partial charge < -0.3 is 14.6 Å². The molecule has 2 N–H and O–H groups in total. The second-order valence-electron chi connectivity index (χ2n) is 5.79. The molecule has 0 aliphatic carbocycles. The van der Waals surface area contributed by atoms with Crippen LogP contribution in [0.25, 0.3) is 0 Å². The van der Waals surface area contributed by atoms with Crippen LogP contribution in [0.1, 0.15) is 30.4 Å². The van der Waals surface area contributed by atoms with Gasteiger partial charge in [-0.1, -0.05) is 42.5 Å². The minimum Gasteiger partial charge on any atom is -0.481 e. The molecular formula is C20H21NO6. The zero-order chi connectivity index (χ0) is 19.5. The van der Waals surface area contributed by atoms with Crippen LogP contribution in [0.15, 0.2) is 54.6 Å². The lowest BCUT2D eigenvalue weighted by Crippen LogP contribution is -2.13. The number of rotatable bonds is 9. The Morgan fingerprint density at radius 2 is 1.44 bits per heavy atom. The van der Waals surface area contributed by atoms with Crippen LogP contribution in [0.4, 0.5) is 10.5 Å². The topological polar surface area (TPSA) is 102 Å². The largest absolute Gasteiger partial charge is 0.481 e. The lowest BCUT2D eigenvalue weighted by atomic mass is 10.2. The second kappa shape index (κ2) is 10.6. The van der Waals surface area contributed by atoms with Gasteiger partial charge in [-0.2, -0.15) is 0 Å². The van der Waals surface area contributed by atoms with E-state index in [1.807, 2.05) is 30.3 Å². The zero-order valence-electron chi connectivity index (χ0n) is 14.7. The predicted octanol–water partition coefficient (Wildman–Crippen LogP) is 3.73. The summed E-state index contributed by atoms with van der Waals surface area (Å²) >= 11 is 0. The molecule has 27 heavy (non-hydrogen) atoms. The standard InChI is InChI=1S/C20H21NO6/c22-18(23)7-4-8-19(24)26-13-16-9-11-17(12-10-16)21-20(25)27-14-15-5-2-1-3-6-15/h1-3,5-6,9-12H,4,7-8,13-14H2,(H,21,25)(H,22,23). The van der Waals surface area contributed by atoms with Crippen LogP contribution < -0.4 is 5.32 Å². The molecule has 0 aliphatic rings. The summed E-state index contributed by atoms with van der Waals surface area (Å²) in [7, 11) is 0. The van der Waals surface area contributed by atoms with Crippen molar-refractivity contribution < 1.29 is 29.0 Å². The molecule has 7 heteroatoms. The molecule has 2 aromatic carbocycles. The predicted molar refractivity (Wildman–Crippen MR) is 98.0 cm³/mol. The molecule has 0 unspecified atom stereocenters. The number of anilines is 1. The van der Waals surface area contributed by atoms with Gasteiger partial charge in [-0.25, -0.2) is 4.79 Å². The summed E-state index contributed by atoms with van der Waals surface area (Å²) in [4.78, 5) is 33.7. The number of aliphatic carboxylic acids is 1. The molecule has 0 aromatic heterocycles. The van der Waals surface area contributed by atoms with Gasteiger partial charge >= 0.3 is 18.0 Å². The van der Waals surface area contributed by atoms with Crippen LogP contribution >= 0.6 is 0 Å². The molecule has 0 saturated carbocycles. The van der Waals surface area contributed by atoms with Crippen molar-refractivity contribution in [1.82, 2.24) is 0 Å². The van der Waals surface area contributed by atoms with Gasteiger partial charge in [-0.3, -0.25) is 14.9 Å². The first-order chi connectivity index (χ1) is 13.0. The number of nitrogens with one attached hydrogen (secondary N) is 1. The zero-order valence-corrected chi connectivity index (χ0v) is 14.7. The van der Waals surface area contributed by atoms with Gasteiger partial charge in [0.2, 0.25) is 0 Å². The lowest BCUT2D eigenvalue weighted by Gasteiger charge is -2.08. The Labute approximate surface area is 156 Å². The van der Waals surface area contributed by atoms with Crippen molar-refractivity contribution in [3.8, 4) is 0 Å². The normalized spacial score (nSPS) is 10.1. The minimum absolute atomic E-state index is 0.0597. The van der Waals surface area contributed by atoms with E-state index in [1.165, 1.54) is 0 Å². The van der Waals surface area contributed by atoms with Gasteiger partial charge in [-0.05, 0) is 29.7 Å². The number of esters is 1. The molecule has 0 atom stereocenters. The Kier molecular flexibility index (Phi) is 7.84. The third-order valence-electron chi connectivity index (χ3n) is 3.58. The average Bonchev–Trinajstić information content (AvgIpc) is 2.66. The van der Waals surface area contributed by atoms with Gasteiger partial charge in [0.1, 0.15) is 13.2 Å². The third kappa shape index (κ3) is 8.04. The fraction of sp³-hybridized carbons (Fsp3) is 0.250. The maximum Gasteiger partial charge on any atom is 0.411 e. The smallest absolute Gasteiger partial charge is 0.411 e. The second-order valence-corrected chi connectivity index (χ2v) is 5.79. The van der Waals surface area contributed by atoms with E-state index in [4.69, 9.17) is 14.6 Å². The summed E-state index contributed by atoms with van der Waals surface area (Å²) in [6.45, 7) is 0.271. The van der Waals surface area contributed by atoms with E-state index >= 15 is 0 Å². The SMILES string of the molecule is O=C(O)CCCC(=O)OCc1ccc(NC(=O)OCc2ccccc2)cc1. The number of hydrogen-bond donors (Lipinski definition) is 2. The Bertz CT molecular complexity index is 758. The number of carboxylic acids is 1. The minimum atomic E-state index is -0.937. The maximum atomic E-state index is 11.8. The van der Waals surface area contributed by atoms with E-state index < -0.39 is 18.0 Å². The quantitative estimate of drug-likeness (QED) is 0.651. The number of ether oxygens (including phenoxy) is 2. The van der Waals surface area contributed by atoms with Crippen molar-refractivity contribution >= 4 is 23.7 Å². The number of amides is 1. The van der Waals surface area contributed by atoms with Gasteiger partial charge in [0.25, 0.3) is 0 Å². The van der Waals surface area contributed by atoms with Crippen LogP contribution in [0.3, 0.4) is 0 Å². The molecule has 0 bridgehead atoms. The monoisotopic (exact) mass is 371 g/mol. The van der Waals surface area contributed by atoms with Crippen molar-refractivity contribution in [1.29, 1.82) is 0 Å². The van der Waals surface area contributed by atoms with Crippen molar-refractivity contribution in [2.24, 2.45) is 0 Å². The molecule has 2 aromatic rings. The number of carbonyl (C=O) groups excluding carboxylic acids is 2. The third-order valence-corrected chi connectivity index (χ3v) is 3.58. The number of hydrogen-bond acceptors (Lipinski definition) is 5. The summed E-state index contributed by atoms with van der Waals surface area (Å²) in [6, 6.07) is 16.2. The number of benzene rings is 2. The Morgan fingerprint density at radius 1 is 0.815 bits per heavy atom. The summed E-state index contributed by atoms with van der Waals surface area (Å²) < 4.78 is 10.2. The van der Waals surface area contributed by atoms with E-state index in [0.717, 1.165) is 11.1 Å². The lowest BCUT2D eigenvalue weighted by molar-refractivity contribution is -0.145. The molecule has 0 radical (unpaired) electrons. The van der Waals surface area contributed by atoms with Crippen molar-refractivity contribution in [2.45, 2.75) is 32.5 Å². The van der Waals surface area contributed by atoms with Crippen LogP contribution in [0, 0.1) is 0 Å². The average molecular weight is 371 g/mol. The first kappa shape index (κ1) is 20.0. The molecule has 0 aliphatic heterocycles. The van der Waals surface area contributed by atoms with Gasteiger partial charge in [0.15, 0.2) is 0 Å². The maximum absolute atomic E-state index is 11.8. The molecule has 2 rings (SSSR count). The molecule has 0 spiro atoms. The van der Waals surface area contributed by atoms with Crippen molar-refractivity contribution in [2.75, 3.05) is 5.32 Å². The fourth-order valence-electron chi connectivity index (χ4n) is 2.18. The van der Waals surface area contributed by atoms with E-state index in [9.17, 15) is 14.4 Å². The molecule has 0 fully saturated rings. The summed E-state index contributed by atoms with van der Waals surface area (Å²) in [6.07, 6.45) is -0.298. The summed E-state index contributed by atoms with van der Waals surface area (Å²) in [5.41, 5.74) is 2.21. The molecule has 142 valence electrons. The number of carboxylic acid groups (broad SMARTS) is 1. The molecule has 0 heterocycles. The van der Waals surface area contributed by atoms with Crippen LogP contribution in [0.5, 0.6) is 0 Å². The number of carbonyl (C=O) groups is 3. The molecule has 7 nitrogen and oxygen atoms in total. The fourth-order valence-corrected chi connectivity index (χ4v) is 2.18. The first-order valence-corrected chi connectivity index (χ1v) is 8.47. The summed E-state index contributed by atoms with van der Waals surface area (Å²) in [5, 5.41) is 11.1. The van der Waals surface area contributed by atoms with E-state index in [1.54, 1.807) is 24.3 Å². The Hall–Kier alpha value is -3.35. The van der Waals surface area contributed by atoms with Crippen LogP contribution in [-0.4, -0.2) is 23.1 Å². The molecular weight excluding hydrogens is 350 g/mol. The highest BCUT2D eigenvalue weighted by molar-refractivity contribution is 5.84. The van der Waals surface area contributed by atoms with Gasteiger partial charge in [0, 0.05) is 18.5 Å². The highest BCUT2D eigenvalue weighted by Gasteiger charge is 2.07. The van der Waals surface area contributed by atoms with Crippen molar-refractivity contribution in [3.63, 3.8) is 0 Å². The highest BCUT2D eigenvalue weighted by atomic mass is 16.5.